The Labute approximate surface area is 178 Å². The fraction of sp³-hybridized carbons (Fsp3) is 0.381. The second-order valence-corrected chi connectivity index (χ2v) is 9.02. The maximum Gasteiger partial charge on any atom is 0.255 e. The number of carbonyl (C=O) groups excluding carboxylic acids is 3. The number of rotatable bonds is 4. The van der Waals surface area contributed by atoms with Gasteiger partial charge < -0.3 is 15.1 Å². The van der Waals surface area contributed by atoms with E-state index in [4.69, 9.17) is 0 Å². The van der Waals surface area contributed by atoms with Crippen molar-refractivity contribution in [2.24, 2.45) is 0 Å². The van der Waals surface area contributed by atoms with E-state index in [1.165, 1.54) is 11.3 Å². The van der Waals surface area contributed by atoms with E-state index in [0.717, 1.165) is 12.8 Å². The van der Waals surface area contributed by atoms with Crippen LogP contribution in [0, 0.1) is 0 Å². The molecule has 1 aromatic heterocycles. The highest BCUT2D eigenvalue weighted by Crippen LogP contribution is 2.26. The van der Waals surface area contributed by atoms with E-state index in [1.54, 1.807) is 28.8 Å². The minimum atomic E-state index is -0.412. The van der Waals surface area contributed by atoms with Gasteiger partial charge in [-0.05, 0) is 36.4 Å². The number of likely N-dealkylation sites (tertiary alicyclic amines) is 1. The summed E-state index contributed by atoms with van der Waals surface area (Å²) >= 11 is 3.12. The number of hydrogen-bond acceptors (Lipinski definition) is 5. The zero-order valence-electron chi connectivity index (χ0n) is 16.0. The quantitative estimate of drug-likeness (QED) is 0.811. The van der Waals surface area contributed by atoms with E-state index in [-0.39, 0.29) is 23.8 Å². The van der Waals surface area contributed by atoms with Gasteiger partial charge in [-0.2, -0.15) is 11.3 Å². The van der Waals surface area contributed by atoms with Crippen molar-refractivity contribution in [2.45, 2.75) is 24.9 Å². The second kappa shape index (κ2) is 9.00. The lowest BCUT2D eigenvalue weighted by Crippen LogP contribution is -2.53. The van der Waals surface area contributed by atoms with Crippen LogP contribution in [0.5, 0.6) is 0 Å². The van der Waals surface area contributed by atoms with E-state index < -0.39 is 6.04 Å². The molecule has 0 radical (unpaired) electrons. The normalized spacial score (nSPS) is 19.9. The Balaban J connectivity index is 1.33. The SMILES string of the molecule is O=C(NC1CCN(C(=O)[C@@H]2CSCN2C(=O)c2ccccc2)CC1)c1ccsc1. The zero-order valence-corrected chi connectivity index (χ0v) is 17.6. The molecule has 1 atom stereocenters. The van der Waals surface area contributed by atoms with Gasteiger partial charge in [-0.1, -0.05) is 18.2 Å². The Hall–Kier alpha value is -2.32. The molecule has 0 unspecified atom stereocenters. The van der Waals surface area contributed by atoms with Gasteiger partial charge in [0.15, 0.2) is 0 Å². The maximum absolute atomic E-state index is 13.1. The molecule has 3 amide bonds. The lowest BCUT2D eigenvalue weighted by atomic mass is 10.0. The van der Waals surface area contributed by atoms with Crippen LogP contribution in [-0.4, -0.2) is 64.3 Å². The average Bonchev–Trinajstić information content (AvgIpc) is 3.46. The van der Waals surface area contributed by atoms with Crippen molar-refractivity contribution in [1.29, 1.82) is 0 Å². The van der Waals surface area contributed by atoms with Gasteiger partial charge in [0.25, 0.3) is 11.8 Å². The molecule has 0 aliphatic carbocycles. The molecule has 2 saturated heterocycles. The van der Waals surface area contributed by atoms with E-state index in [9.17, 15) is 14.4 Å². The first-order valence-electron chi connectivity index (χ1n) is 9.69. The van der Waals surface area contributed by atoms with Crippen LogP contribution < -0.4 is 5.32 Å². The fourth-order valence-electron chi connectivity index (χ4n) is 3.71. The summed E-state index contributed by atoms with van der Waals surface area (Å²) in [5.74, 6) is 1.04. The third-order valence-electron chi connectivity index (χ3n) is 5.37. The Morgan fingerprint density at radius 3 is 2.45 bits per heavy atom. The second-order valence-electron chi connectivity index (χ2n) is 7.24. The molecular weight excluding hydrogens is 406 g/mol. The minimum Gasteiger partial charge on any atom is -0.349 e. The fourth-order valence-corrected chi connectivity index (χ4v) is 5.49. The first-order valence-corrected chi connectivity index (χ1v) is 11.8. The highest BCUT2D eigenvalue weighted by Gasteiger charge is 2.38. The molecular formula is C21H23N3O3S2. The molecule has 2 fully saturated rings. The number of carbonyl (C=O) groups is 3. The molecule has 1 N–H and O–H groups in total. The van der Waals surface area contributed by atoms with Crippen LogP contribution in [0.2, 0.25) is 0 Å². The van der Waals surface area contributed by atoms with Crippen molar-refractivity contribution >= 4 is 40.8 Å². The Morgan fingerprint density at radius 1 is 1.00 bits per heavy atom. The van der Waals surface area contributed by atoms with E-state index >= 15 is 0 Å². The monoisotopic (exact) mass is 429 g/mol. The van der Waals surface area contributed by atoms with E-state index in [2.05, 4.69) is 5.32 Å². The third kappa shape index (κ3) is 4.48. The average molecular weight is 430 g/mol. The van der Waals surface area contributed by atoms with Gasteiger partial charge in [0, 0.05) is 41.4 Å². The van der Waals surface area contributed by atoms with Crippen molar-refractivity contribution in [2.75, 3.05) is 24.7 Å². The van der Waals surface area contributed by atoms with Gasteiger partial charge in [-0.3, -0.25) is 14.4 Å². The van der Waals surface area contributed by atoms with Crippen molar-refractivity contribution in [3.63, 3.8) is 0 Å². The molecule has 0 saturated carbocycles. The standard InChI is InChI=1S/C21H23N3O3S2/c25-19(16-8-11-28-12-16)22-17-6-9-23(10-7-17)21(27)18-13-29-14-24(18)20(26)15-4-2-1-3-5-15/h1-5,8,11-12,17-18H,6-7,9-10,13-14H2,(H,22,25)/t18-/m0/s1. The predicted octanol–water partition coefficient (Wildman–Crippen LogP) is 2.68. The number of thiophene rings is 1. The van der Waals surface area contributed by atoms with Gasteiger partial charge in [-0.25, -0.2) is 0 Å². The van der Waals surface area contributed by atoms with Crippen LogP contribution in [0.15, 0.2) is 47.2 Å². The number of nitrogens with one attached hydrogen (secondary N) is 1. The van der Waals surface area contributed by atoms with Crippen molar-refractivity contribution in [1.82, 2.24) is 15.1 Å². The smallest absolute Gasteiger partial charge is 0.255 e. The highest BCUT2D eigenvalue weighted by atomic mass is 32.2. The molecule has 2 aromatic rings. The predicted molar refractivity (Wildman–Crippen MR) is 115 cm³/mol. The number of piperidine rings is 1. The van der Waals surface area contributed by atoms with Gasteiger partial charge in [-0.15, -0.1) is 11.8 Å². The van der Waals surface area contributed by atoms with Gasteiger partial charge in [0.2, 0.25) is 5.91 Å². The topological polar surface area (TPSA) is 69.7 Å². The molecule has 2 aliphatic heterocycles. The molecule has 29 heavy (non-hydrogen) atoms. The van der Waals surface area contributed by atoms with Crippen LogP contribution in [0.25, 0.3) is 0 Å². The Morgan fingerprint density at radius 2 is 1.76 bits per heavy atom. The Kier molecular flexibility index (Phi) is 6.20. The molecule has 1 aromatic carbocycles. The number of amides is 3. The summed E-state index contributed by atoms with van der Waals surface area (Å²) in [6.07, 6.45) is 1.46. The van der Waals surface area contributed by atoms with Crippen LogP contribution in [0.1, 0.15) is 33.6 Å². The summed E-state index contributed by atoms with van der Waals surface area (Å²) in [6.45, 7) is 1.20. The number of nitrogens with zero attached hydrogens (tertiary/aromatic N) is 2. The van der Waals surface area contributed by atoms with Crippen LogP contribution in [0.4, 0.5) is 0 Å². The molecule has 3 heterocycles. The molecule has 0 bridgehead atoms. The van der Waals surface area contributed by atoms with Gasteiger partial charge >= 0.3 is 0 Å². The molecule has 4 rings (SSSR count). The summed E-state index contributed by atoms with van der Waals surface area (Å²) in [6, 6.07) is 10.6. The molecule has 2 aliphatic rings. The number of thioether (sulfide) groups is 1. The van der Waals surface area contributed by atoms with Crippen molar-refractivity contribution < 1.29 is 14.4 Å². The third-order valence-corrected chi connectivity index (χ3v) is 7.07. The summed E-state index contributed by atoms with van der Waals surface area (Å²) in [7, 11) is 0. The van der Waals surface area contributed by atoms with Crippen LogP contribution >= 0.6 is 23.1 Å². The van der Waals surface area contributed by atoms with Crippen molar-refractivity contribution in [3.05, 3.63) is 58.3 Å². The van der Waals surface area contributed by atoms with Gasteiger partial charge in [0.1, 0.15) is 6.04 Å². The minimum absolute atomic E-state index is 0.0156. The van der Waals surface area contributed by atoms with Crippen molar-refractivity contribution in [3.8, 4) is 0 Å². The summed E-state index contributed by atoms with van der Waals surface area (Å²) < 4.78 is 0. The zero-order chi connectivity index (χ0) is 20.2. The molecule has 0 spiro atoms. The highest BCUT2D eigenvalue weighted by molar-refractivity contribution is 7.99. The lowest BCUT2D eigenvalue weighted by molar-refractivity contribution is -0.135. The van der Waals surface area contributed by atoms with Crippen LogP contribution in [0.3, 0.4) is 0 Å². The lowest BCUT2D eigenvalue weighted by Gasteiger charge is -2.35. The molecule has 152 valence electrons. The number of benzene rings is 1. The van der Waals surface area contributed by atoms with E-state index in [0.29, 0.717) is 35.8 Å². The largest absolute Gasteiger partial charge is 0.349 e. The Bertz CT molecular complexity index is 865. The number of hydrogen-bond donors (Lipinski definition) is 1. The first-order chi connectivity index (χ1) is 14.1. The first kappa shape index (κ1) is 20.0. The van der Waals surface area contributed by atoms with E-state index in [1.807, 2.05) is 39.9 Å². The molecule has 8 heteroatoms. The maximum atomic E-state index is 13.1. The van der Waals surface area contributed by atoms with Crippen LogP contribution in [-0.2, 0) is 4.79 Å². The van der Waals surface area contributed by atoms with Gasteiger partial charge in [0.05, 0.1) is 5.88 Å². The summed E-state index contributed by atoms with van der Waals surface area (Å²) in [5.41, 5.74) is 1.30. The summed E-state index contributed by atoms with van der Waals surface area (Å²) in [5, 5.41) is 6.78. The summed E-state index contributed by atoms with van der Waals surface area (Å²) in [4.78, 5) is 41.7. The molecule has 6 nitrogen and oxygen atoms in total.